The summed E-state index contributed by atoms with van der Waals surface area (Å²) in [7, 11) is 0.385. The van der Waals surface area contributed by atoms with Gasteiger partial charge in [-0.15, -0.1) is 0 Å². The maximum atomic E-state index is 13.0. The predicted octanol–water partition coefficient (Wildman–Crippen LogP) is -0.531. The lowest BCUT2D eigenvalue weighted by atomic mass is 10.1. The molecule has 2 amide bonds. The van der Waals surface area contributed by atoms with Crippen LogP contribution in [-0.4, -0.2) is 73.6 Å². The van der Waals surface area contributed by atoms with Gasteiger partial charge >= 0.3 is 11.9 Å². The van der Waals surface area contributed by atoms with Crippen LogP contribution in [0.5, 0.6) is 0 Å². The zero-order valence-corrected chi connectivity index (χ0v) is 30.4. The van der Waals surface area contributed by atoms with Crippen LogP contribution in [0.4, 0.5) is 0 Å². The van der Waals surface area contributed by atoms with Crippen molar-refractivity contribution in [1.29, 1.82) is 0 Å². The number of hydrogen-bond donors (Lipinski definition) is 3. The summed E-state index contributed by atoms with van der Waals surface area (Å²) in [6.07, 6.45) is 2.51. The summed E-state index contributed by atoms with van der Waals surface area (Å²) >= 11 is 0.954. The second kappa shape index (κ2) is 21.4. The molecule has 0 saturated carbocycles. The molecule has 258 valence electrons. The first-order valence-electron chi connectivity index (χ1n) is 15.4. The van der Waals surface area contributed by atoms with Crippen LogP contribution < -0.4 is 49.3 Å². The van der Waals surface area contributed by atoms with E-state index in [9.17, 15) is 24.0 Å². The topological polar surface area (TPSA) is 154 Å². The van der Waals surface area contributed by atoms with E-state index in [4.69, 9.17) is 5.73 Å². The molecule has 0 aromatic heterocycles. The molecule has 10 nitrogen and oxygen atoms in total. The standard InChI is InChI=1S/C35H42N3O7PS.BrH/c1-44-32(40)24-37-34(42)30(38-31(39)22-21-29(36)35(43)45-2)25-47-33(41)20-12-13-23-46(26-14-6-3-7-15-26,27-16-8-4-9-17-27)28-18-10-5-11-19-28;/h3-11,14-19,29-30H,12-13,20-25,36H2,1-2H3,(H-,37,38,39,42);1H. The van der Waals surface area contributed by atoms with Crippen LogP contribution in [0.25, 0.3) is 0 Å². The van der Waals surface area contributed by atoms with E-state index < -0.39 is 43.1 Å². The molecule has 0 fully saturated rings. The first-order chi connectivity index (χ1) is 22.7. The lowest BCUT2D eigenvalue weighted by Gasteiger charge is -2.27. The highest BCUT2D eigenvalue weighted by atomic mass is 79.9. The van der Waals surface area contributed by atoms with Gasteiger partial charge in [0.15, 0.2) is 5.12 Å². The van der Waals surface area contributed by atoms with Gasteiger partial charge in [-0.1, -0.05) is 66.4 Å². The molecule has 0 spiro atoms. The fourth-order valence-corrected chi connectivity index (χ4v) is 10.4. The summed E-state index contributed by atoms with van der Waals surface area (Å²) in [5.41, 5.74) is 5.71. The summed E-state index contributed by atoms with van der Waals surface area (Å²) < 4.78 is 9.14. The molecule has 0 saturated heterocycles. The summed E-state index contributed by atoms with van der Waals surface area (Å²) in [6, 6.07) is 29.6. The van der Waals surface area contributed by atoms with E-state index in [0.29, 0.717) is 12.8 Å². The summed E-state index contributed by atoms with van der Waals surface area (Å²) in [6.45, 7) is -0.386. The second-order valence-corrected chi connectivity index (χ2v) is 15.5. The number of ether oxygens (including phenoxy) is 2. The molecule has 3 rings (SSSR count). The number of nitrogens with two attached hydrogens (primary N) is 1. The van der Waals surface area contributed by atoms with Gasteiger partial charge in [0.2, 0.25) is 11.8 Å². The van der Waals surface area contributed by atoms with Crippen molar-refractivity contribution < 1.29 is 50.4 Å². The fraction of sp³-hybridized carbons (Fsp3) is 0.343. The van der Waals surface area contributed by atoms with Crippen molar-refractivity contribution in [3.05, 3.63) is 91.0 Å². The lowest BCUT2D eigenvalue weighted by Crippen LogP contribution is -3.00. The van der Waals surface area contributed by atoms with Gasteiger partial charge in [0.1, 0.15) is 41.8 Å². The first-order valence-corrected chi connectivity index (χ1v) is 18.3. The average Bonchev–Trinajstić information content (AvgIpc) is 3.11. The summed E-state index contributed by atoms with van der Waals surface area (Å²) in [4.78, 5) is 61.5. The van der Waals surface area contributed by atoms with E-state index in [1.165, 1.54) is 30.1 Å². The van der Waals surface area contributed by atoms with Gasteiger partial charge in [-0.2, -0.15) is 0 Å². The zero-order chi connectivity index (χ0) is 34.1. The largest absolute Gasteiger partial charge is 1.00 e. The third-order valence-corrected chi connectivity index (χ3v) is 13.2. The normalized spacial score (nSPS) is 12.1. The van der Waals surface area contributed by atoms with E-state index in [2.05, 4.69) is 92.9 Å². The van der Waals surface area contributed by atoms with E-state index in [1.807, 2.05) is 18.2 Å². The summed E-state index contributed by atoms with van der Waals surface area (Å²) in [5, 5.41) is 8.74. The van der Waals surface area contributed by atoms with Crippen LogP contribution in [0.1, 0.15) is 32.1 Å². The highest BCUT2D eigenvalue weighted by Gasteiger charge is 2.44. The SMILES string of the molecule is COC(=O)CNC(=O)C(CSC(=O)CCCC[P+](c1ccccc1)(c1ccccc1)c1ccccc1)NC(=O)CCC(N)C(=O)OC.[Br-]. The summed E-state index contributed by atoms with van der Waals surface area (Å²) in [5.74, 6) is -2.50. The van der Waals surface area contributed by atoms with Crippen LogP contribution in [0, 0.1) is 0 Å². The molecule has 2 atom stereocenters. The Labute approximate surface area is 297 Å². The van der Waals surface area contributed by atoms with E-state index in [0.717, 1.165) is 24.3 Å². The number of carbonyl (C=O) groups excluding carboxylic acids is 5. The van der Waals surface area contributed by atoms with Crippen LogP contribution in [0.2, 0.25) is 0 Å². The highest BCUT2D eigenvalue weighted by molar-refractivity contribution is 8.13. The predicted molar refractivity (Wildman–Crippen MR) is 188 cm³/mol. The van der Waals surface area contributed by atoms with Gasteiger partial charge in [-0.3, -0.25) is 24.0 Å². The molecule has 48 heavy (non-hydrogen) atoms. The molecule has 0 radical (unpaired) electrons. The monoisotopic (exact) mass is 759 g/mol. The second-order valence-electron chi connectivity index (χ2n) is 10.8. The molecule has 0 aliphatic rings. The molecule has 2 unspecified atom stereocenters. The number of benzene rings is 3. The van der Waals surface area contributed by atoms with Crippen molar-refractivity contribution >= 4 is 63.8 Å². The number of rotatable bonds is 18. The van der Waals surface area contributed by atoms with E-state index >= 15 is 0 Å². The quantitative estimate of drug-likeness (QED) is 0.0883. The molecular formula is C35H43BrN3O7PS. The molecule has 4 N–H and O–H groups in total. The molecular weight excluding hydrogens is 717 g/mol. The van der Waals surface area contributed by atoms with Crippen LogP contribution >= 0.6 is 19.0 Å². The van der Waals surface area contributed by atoms with Crippen molar-refractivity contribution in [3.63, 3.8) is 0 Å². The van der Waals surface area contributed by atoms with Crippen LogP contribution in [0.15, 0.2) is 91.0 Å². The highest BCUT2D eigenvalue weighted by Crippen LogP contribution is 2.56. The Morgan fingerprint density at radius 3 is 1.77 bits per heavy atom. The van der Waals surface area contributed by atoms with Gasteiger partial charge in [0.05, 0.1) is 20.4 Å². The Morgan fingerprint density at radius 2 is 1.29 bits per heavy atom. The minimum Gasteiger partial charge on any atom is -1.00 e. The Balaban J connectivity index is 0.00000800. The Bertz CT molecular complexity index is 1370. The van der Waals surface area contributed by atoms with Crippen molar-refractivity contribution in [2.45, 2.75) is 44.2 Å². The van der Waals surface area contributed by atoms with E-state index in [1.54, 1.807) is 0 Å². The van der Waals surface area contributed by atoms with Crippen LogP contribution in [-0.2, 0) is 33.4 Å². The Kier molecular flexibility index (Phi) is 18.1. The van der Waals surface area contributed by atoms with Gasteiger partial charge in [0.25, 0.3) is 0 Å². The van der Waals surface area contributed by atoms with Gasteiger partial charge < -0.3 is 42.8 Å². The maximum Gasteiger partial charge on any atom is 0.325 e. The van der Waals surface area contributed by atoms with Gasteiger partial charge in [-0.05, 0) is 55.7 Å². The number of nitrogens with one attached hydrogen (secondary N) is 2. The number of esters is 2. The molecule has 0 heterocycles. The van der Waals surface area contributed by atoms with E-state index in [-0.39, 0.29) is 47.2 Å². The molecule has 0 bridgehead atoms. The van der Waals surface area contributed by atoms with Gasteiger partial charge in [-0.25, -0.2) is 0 Å². The van der Waals surface area contributed by atoms with Crippen molar-refractivity contribution in [3.8, 4) is 0 Å². The van der Waals surface area contributed by atoms with Crippen LogP contribution in [0.3, 0.4) is 0 Å². The number of methoxy groups -OCH3 is 2. The van der Waals surface area contributed by atoms with Gasteiger partial charge in [0, 0.05) is 18.6 Å². The third kappa shape index (κ3) is 12.1. The van der Waals surface area contributed by atoms with Crippen molar-refractivity contribution in [2.24, 2.45) is 5.73 Å². The lowest BCUT2D eigenvalue weighted by molar-refractivity contribution is -0.142. The van der Waals surface area contributed by atoms with Crippen molar-refractivity contribution in [1.82, 2.24) is 10.6 Å². The minimum absolute atomic E-state index is 0. The molecule has 0 aliphatic heterocycles. The first kappa shape index (κ1) is 40.6. The minimum atomic E-state index is -2.01. The molecule has 3 aromatic carbocycles. The molecule has 0 aliphatic carbocycles. The average molecular weight is 761 g/mol. The maximum absolute atomic E-state index is 13.0. The molecule has 3 aromatic rings. The number of thioether (sulfide) groups is 1. The Morgan fingerprint density at radius 1 is 0.771 bits per heavy atom. The zero-order valence-electron chi connectivity index (χ0n) is 27.1. The number of hydrogen-bond acceptors (Lipinski definition) is 9. The number of carbonyl (C=O) groups is 5. The number of unbranched alkanes of at least 4 members (excludes halogenated alkanes) is 1. The number of amides is 2. The molecule has 13 heteroatoms. The smallest absolute Gasteiger partial charge is 0.325 e. The Hall–Kier alpha value is -3.57. The fourth-order valence-electron chi connectivity index (χ4n) is 5.11. The van der Waals surface area contributed by atoms with Crippen molar-refractivity contribution in [2.75, 3.05) is 32.7 Å². The number of halogens is 1. The third-order valence-electron chi connectivity index (χ3n) is 7.60.